The second-order valence-corrected chi connectivity index (χ2v) is 4.01. The standard InChI is InChI=1S/C9H17NO4/c1-8(11)9(12)14-13-7-5-6-10(2,3)4/h1,5-7H2,2-4H3/p+1. The van der Waals surface area contributed by atoms with Gasteiger partial charge in [0.1, 0.15) is 0 Å². The molecule has 0 amide bonds. The van der Waals surface area contributed by atoms with E-state index < -0.39 is 11.7 Å². The van der Waals surface area contributed by atoms with E-state index in [1.807, 2.05) is 0 Å². The highest BCUT2D eigenvalue weighted by atomic mass is 17.2. The monoisotopic (exact) mass is 204 g/mol. The summed E-state index contributed by atoms with van der Waals surface area (Å²) in [5.41, 5.74) is 0. The molecule has 0 atom stereocenters. The molecule has 0 aliphatic heterocycles. The minimum atomic E-state index is -0.949. The zero-order chi connectivity index (χ0) is 11.2. The topological polar surface area (TPSA) is 55.8 Å². The van der Waals surface area contributed by atoms with Gasteiger partial charge in [-0.2, -0.15) is 4.89 Å². The zero-order valence-corrected chi connectivity index (χ0v) is 8.95. The van der Waals surface area contributed by atoms with Gasteiger partial charge in [-0.1, -0.05) is 0 Å². The van der Waals surface area contributed by atoms with Gasteiger partial charge in [0.05, 0.1) is 34.3 Å². The summed E-state index contributed by atoms with van der Waals surface area (Å²) in [6.45, 7) is 4.22. The molecule has 0 saturated heterocycles. The van der Waals surface area contributed by atoms with E-state index in [-0.39, 0.29) is 0 Å². The highest BCUT2D eigenvalue weighted by Gasteiger charge is 2.09. The van der Waals surface area contributed by atoms with Crippen LogP contribution in [0.4, 0.5) is 0 Å². The van der Waals surface area contributed by atoms with Crippen molar-refractivity contribution in [2.24, 2.45) is 0 Å². The number of quaternary nitrogens is 1. The van der Waals surface area contributed by atoms with Crippen LogP contribution in [0.1, 0.15) is 6.42 Å². The number of hydrogen-bond donors (Lipinski definition) is 1. The van der Waals surface area contributed by atoms with Crippen molar-refractivity contribution in [3.63, 3.8) is 0 Å². The van der Waals surface area contributed by atoms with E-state index >= 15 is 0 Å². The van der Waals surface area contributed by atoms with Gasteiger partial charge < -0.3 is 9.59 Å². The van der Waals surface area contributed by atoms with Crippen molar-refractivity contribution >= 4 is 5.97 Å². The lowest BCUT2D eigenvalue weighted by Crippen LogP contribution is -2.35. The molecule has 0 rings (SSSR count). The van der Waals surface area contributed by atoms with E-state index in [0.29, 0.717) is 6.61 Å². The van der Waals surface area contributed by atoms with Crippen molar-refractivity contribution in [2.75, 3.05) is 34.3 Å². The lowest BCUT2D eigenvalue weighted by Gasteiger charge is -2.23. The molecule has 0 saturated carbocycles. The fraction of sp³-hybridized carbons (Fsp3) is 0.667. The molecule has 0 fully saturated rings. The Bertz CT molecular complexity index is 207. The van der Waals surface area contributed by atoms with Gasteiger partial charge in [0, 0.05) is 6.42 Å². The Hall–Kier alpha value is -1.07. The summed E-state index contributed by atoms with van der Waals surface area (Å²) in [6, 6.07) is 0. The van der Waals surface area contributed by atoms with Gasteiger partial charge >= 0.3 is 5.97 Å². The van der Waals surface area contributed by atoms with Crippen LogP contribution in [0.3, 0.4) is 0 Å². The second-order valence-electron chi connectivity index (χ2n) is 4.01. The Morgan fingerprint density at radius 2 is 2.00 bits per heavy atom. The Balaban J connectivity index is 3.39. The predicted octanol–water partition coefficient (Wildman–Crippen LogP) is 0.629. The molecule has 0 aliphatic rings. The molecule has 1 N–H and O–H groups in total. The molecule has 0 heterocycles. The summed E-state index contributed by atoms with van der Waals surface area (Å²) >= 11 is 0. The summed E-state index contributed by atoms with van der Waals surface area (Å²) in [5, 5.41) is 8.55. The van der Waals surface area contributed by atoms with Crippen molar-refractivity contribution in [3.05, 3.63) is 12.3 Å². The Labute approximate surface area is 84.1 Å². The molecule has 0 aromatic heterocycles. The molecule has 0 bridgehead atoms. The zero-order valence-electron chi connectivity index (χ0n) is 8.95. The van der Waals surface area contributed by atoms with Gasteiger partial charge in [-0.3, -0.25) is 4.89 Å². The summed E-state index contributed by atoms with van der Waals surface area (Å²) in [7, 11) is 6.17. The third-order valence-corrected chi connectivity index (χ3v) is 1.43. The van der Waals surface area contributed by atoms with Crippen molar-refractivity contribution in [1.29, 1.82) is 0 Å². The summed E-state index contributed by atoms with van der Waals surface area (Å²) in [4.78, 5) is 19.4. The minimum absolute atomic E-state index is 0.314. The van der Waals surface area contributed by atoms with Crippen molar-refractivity contribution in [2.45, 2.75) is 6.42 Å². The van der Waals surface area contributed by atoms with Crippen LogP contribution in [0.5, 0.6) is 0 Å². The normalized spacial score (nSPS) is 11.1. The number of aliphatic hydroxyl groups excluding tert-OH is 1. The maximum absolute atomic E-state index is 10.6. The van der Waals surface area contributed by atoms with Crippen LogP contribution < -0.4 is 0 Å². The molecule has 0 spiro atoms. The van der Waals surface area contributed by atoms with Gasteiger partial charge in [-0.05, 0) is 6.58 Å². The predicted molar refractivity (Wildman–Crippen MR) is 51.3 cm³/mol. The molecule has 82 valence electrons. The van der Waals surface area contributed by atoms with Crippen LogP contribution in [0, 0.1) is 0 Å². The molecule has 0 aromatic rings. The van der Waals surface area contributed by atoms with Gasteiger partial charge in [0.15, 0.2) is 5.76 Å². The maximum atomic E-state index is 10.6. The number of hydrogen-bond acceptors (Lipinski definition) is 4. The molecule has 5 nitrogen and oxygen atoms in total. The van der Waals surface area contributed by atoms with Gasteiger partial charge in [-0.25, -0.2) is 4.79 Å². The molecule has 14 heavy (non-hydrogen) atoms. The number of carbonyl (C=O) groups excluding carboxylic acids is 1. The van der Waals surface area contributed by atoms with E-state index in [9.17, 15) is 4.79 Å². The number of carbonyl (C=O) groups is 1. The van der Waals surface area contributed by atoms with E-state index in [2.05, 4.69) is 37.5 Å². The van der Waals surface area contributed by atoms with Crippen LogP contribution in [-0.4, -0.2) is 49.9 Å². The first-order chi connectivity index (χ1) is 6.33. The minimum Gasteiger partial charge on any atom is -0.502 e. The number of aliphatic hydroxyl groups is 1. The van der Waals surface area contributed by atoms with E-state index in [0.717, 1.165) is 17.4 Å². The van der Waals surface area contributed by atoms with Gasteiger partial charge in [-0.15, -0.1) is 0 Å². The molecular formula is C9H18NO4+. The summed E-state index contributed by atoms with van der Waals surface area (Å²) in [6.07, 6.45) is 0.773. The molecule has 0 unspecified atom stereocenters. The second kappa shape index (κ2) is 5.62. The Morgan fingerprint density at radius 1 is 1.43 bits per heavy atom. The third kappa shape index (κ3) is 7.57. The highest BCUT2D eigenvalue weighted by Crippen LogP contribution is 1.95. The third-order valence-electron chi connectivity index (χ3n) is 1.43. The van der Waals surface area contributed by atoms with Crippen LogP contribution in [0.15, 0.2) is 12.3 Å². The first kappa shape index (κ1) is 12.9. The lowest BCUT2D eigenvalue weighted by atomic mass is 10.4. The first-order valence-electron chi connectivity index (χ1n) is 4.35. The molecular weight excluding hydrogens is 186 g/mol. The highest BCUT2D eigenvalue weighted by molar-refractivity contribution is 5.84. The Morgan fingerprint density at radius 3 is 2.43 bits per heavy atom. The average Bonchev–Trinajstić information content (AvgIpc) is 2.01. The van der Waals surface area contributed by atoms with Crippen LogP contribution in [-0.2, 0) is 14.6 Å². The molecule has 0 radical (unpaired) electrons. The fourth-order valence-corrected chi connectivity index (χ4v) is 0.741. The van der Waals surface area contributed by atoms with Crippen LogP contribution in [0.25, 0.3) is 0 Å². The van der Waals surface area contributed by atoms with Crippen molar-refractivity contribution < 1.29 is 24.2 Å². The SMILES string of the molecule is C=C(O)C(=O)OOCCC[N+](C)(C)C. The van der Waals surface area contributed by atoms with E-state index in [4.69, 9.17) is 5.11 Å². The fourth-order valence-electron chi connectivity index (χ4n) is 0.741. The number of rotatable bonds is 6. The van der Waals surface area contributed by atoms with E-state index in [1.165, 1.54) is 0 Å². The first-order valence-corrected chi connectivity index (χ1v) is 4.35. The van der Waals surface area contributed by atoms with Gasteiger partial charge in [0.2, 0.25) is 0 Å². The molecule has 0 aliphatic carbocycles. The Kier molecular flexibility index (Phi) is 5.19. The smallest absolute Gasteiger partial charge is 0.406 e. The van der Waals surface area contributed by atoms with Crippen molar-refractivity contribution in [1.82, 2.24) is 0 Å². The number of nitrogens with zero attached hydrogens (tertiary/aromatic N) is 1. The molecule has 5 heteroatoms. The molecule has 0 aromatic carbocycles. The quantitative estimate of drug-likeness (QED) is 0.172. The van der Waals surface area contributed by atoms with E-state index in [1.54, 1.807) is 0 Å². The largest absolute Gasteiger partial charge is 0.502 e. The van der Waals surface area contributed by atoms with Gasteiger partial charge in [0.25, 0.3) is 0 Å². The lowest BCUT2D eigenvalue weighted by molar-refractivity contribution is -0.870. The summed E-state index contributed by atoms with van der Waals surface area (Å²) in [5.74, 6) is -1.60. The summed E-state index contributed by atoms with van der Waals surface area (Å²) < 4.78 is 0.823. The van der Waals surface area contributed by atoms with Crippen molar-refractivity contribution in [3.8, 4) is 0 Å². The maximum Gasteiger partial charge on any atom is 0.406 e. The van der Waals surface area contributed by atoms with Crippen LogP contribution in [0.2, 0.25) is 0 Å². The average molecular weight is 204 g/mol. The van der Waals surface area contributed by atoms with Crippen LogP contribution >= 0.6 is 0 Å².